The van der Waals surface area contributed by atoms with Crippen LogP contribution in [0.25, 0.3) is 32.2 Å². The van der Waals surface area contributed by atoms with E-state index >= 15 is 0 Å². The van der Waals surface area contributed by atoms with Gasteiger partial charge in [0.1, 0.15) is 23.3 Å². The number of sulfonamides is 1. The predicted octanol–water partition coefficient (Wildman–Crippen LogP) is 5.36. The van der Waals surface area contributed by atoms with E-state index in [1.807, 2.05) is 4.90 Å². The zero-order chi connectivity index (χ0) is 41.5. The van der Waals surface area contributed by atoms with Crippen molar-refractivity contribution in [2.45, 2.75) is 50.2 Å². The van der Waals surface area contributed by atoms with Gasteiger partial charge in [-0.1, -0.05) is 23.4 Å². The number of amides is 1. The Morgan fingerprint density at radius 1 is 1.17 bits per heavy atom. The smallest absolute Gasteiger partial charge is 0.283 e. The summed E-state index contributed by atoms with van der Waals surface area (Å²) in [6, 6.07) is 10.2. The molecule has 1 amide bonds. The second kappa shape index (κ2) is 15.9. The molecule has 0 atom stereocenters. The van der Waals surface area contributed by atoms with Crippen LogP contribution in [0.4, 0.5) is 14.6 Å². The van der Waals surface area contributed by atoms with Crippen molar-refractivity contribution in [3.05, 3.63) is 92.2 Å². The van der Waals surface area contributed by atoms with Crippen LogP contribution in [-0.4, -0.2) is 87.2 Å². The number of carbonyl (C=O) groups excluding carboxylic acids is 1. The molecule has 14 nitrogen and oxygen atoms in total. The molecule has 0 aliphatic carbocycles. The van der Waals surface area contributed by atoms with E-state index in [1.165, 1.54) is 50.6 Å². The largest absolute Gasteiger partial charge is 0.355 e. The highest BCUT2D eigenvalue weighted by atomic mass is 35.5. The van der Waals surface area contributed by atoms with Gasteiger partial charge in [-0.15, -0.1) is 11.3 Å². The minimum absolute atomic E-state index is 0.0562. The number of piperidine rings is 1. The van der Waals surface area contributed by atoms with Crippen molar-refractivity contribution >= 4 is 65.8 Å². The molecule has 0 saturated carbocycles. The third-order valence-electron chi connectivity index (χ3n) is 9.85. The summed E-state index contributed by atoms with van der Waals surface area (Å²) in [7, 11) is -0.894. The van der Waals surface area contributed by atoms with Gasteiger partial charge < -0.3 is 4.90 Å². The van der Waals surface area contributed by atoms with Gasteiger partial charge in [0.15, 0.2) is 5.03 Å². The van der Waals surface area contributed by atoms with Crippen LogP contribution in [-0.2, 0) is 23.6 Å². The normalized spacial score (nSPS) is 14.0. The number of aryl methyl sites for hydroxylation is 2. The number of nitrogens with one attached hydrogen (secondary N) is 1. The van der Waals surface area contributed by atoms with Crippen molar-refractivity contribution in [3.8, 4) is 29.0 Å². The van der Waals surface area contributed by atoms with Crippen LogP contribution < -0.4 is 15.2 Å². The Bertz CT molecular complexity index is 2880. The second-order valence-corrected chi connectivity index (χ2v) is 17.0. The number of halogens is 3. The Kier molecular flexibility index (Phi) is 11.1. The molecule has 1 saturated heterocycles. The van der Waals surface area contributed by atoms with Crippen molar-refractivity contribution in [2.75, 3.05) is 31.6 Å². The molecule has 5 aromatic heterocycles. The lowest BCUT2D eigenvalue weighted by atomic mass is 10.00. The summed E-state index contributed by atoms with van der Waals surface area (Å²) < 4.78 is 58.2. The highest BCUT2D eigenvalue weighted by Crippen LogP contribution is 2.37. The summed E-state index contributed by atoms with van der Waals surface area (Å²) in [5.74, 6) is 3.22. The molecule has 1 N–H and O–H groups in total. The van der Waals surface area contributed by atoms with E-state index in [0.29, 0.717) is 64.0 Å². The number of alkyl halides is 2. The first kappa shape index (κ1) is 40.4. The monoisotopic (exact) mass is 844 g/mol. The van der Waals surface area contributed by atoms with E-state index in [0.717, 1.165) is 6.92 Å². The number of anilines is 1. The van der Waals surface area contributed by atoms with E-state index in [2.05, 4.69) is 42.7 Å². The lowest BCUT2D eigenvalue weighted by Gasteiger charge is -2.38. The second-order valence-electron chi connectivity index (χ2n) is 14.0. The minimum atomic E-state index is -4.24. The molecule has 6 heterocycles. The number of fused-ring (bicyclic) bond motifs is 2. The number of aromatic nitrogens is 6. The quantitative estimate of drug-likeness (QED) is 0.186. The Balaban J connectivity index is 1.17. The SMILES string of the molecule is Cc1nc2cnc(N(C)C3CCN(CC(C)(F)F)CC3)c(C#N)c2c(=O)n1CC#Cc1ccc(Cl)cc1-c1ccnc2c(C(=O)NS(=O)(=O)c3ccn(C)n3)csc12. The number of nitrogens with zero attached hydrogens (tertiary/aromatic N) is 9. The minimum Gasteiger partial charge on any atom is -0.355 e. The van der Waals surface area contributed by atoms with Crippen LogP contribution in [0.15, 0.2) is 64.1 Å². The molecule has 1 fully saturated rings. The predicted molar refractivity (Wildman–Crippen MR) is 217 cm³/mol. The zero-order valence-electron chi connectivity index (χ0n) is 31.6. The van der Waals surface area contributed by atoms with E-state index < -0.39 is 27.4 Å². The molecule has 7 rings (SSSR count). The van der Waals surface area contributed by atoms with Crippen LogP contribution >= 0.6 is 22.9 Å². The van der Waals surface area contributed by atoms with Crippen LogP contribution in [0.2, 0.25) is 5.02 Å². The molecule has 19 heteroatoms. The first-order chi connectivity index (χ1) is 27.5. The number of carbonyl (C=O) groups is 1. The number of benzene rings is 1. The van der Waals surface area contributed by atoms with Gasteiger partial charge in [-0.3, -0.25) is 28.7 Å². The van der Waals surface area contributed by atoms with E-state index in [-0.39, 0.29) is 51.7 Å². The van der Waals surface area contributed by atoms with Gasteiger partial charge in [0, 0.05) is 79.6 Å². The highest BCUT2D eigenvalue weighted by Gasteiger charge is 2.31. The fourth-order valence-electron chi connectivity index (χ4n) is 7.03. The summed E-state index contributed by atoms with van der Waals surface area (Å²) in [6.07, 6.45) is 5.58. The molecule has 0 bridgehead atoms. The fourth-order valence-corrected chi connectivity index (χ4v) is 9.17. The maximum Gasteiger partial charge on any atom is 0.283 e. The van der Waals surface area contributed by atoms with Crippen molar-refractivity contribution in [1.82, 2.24) is 38.9 Å². The molecule has 1 aliphatic heterocycles. The Hall–Kier alpha value is -5.79. The van der Waals surface area contributed by atoms with E-state index in [4.69, 9.17) is 11.6 Å². The van der Waals surface area contributed by atoms with E-state index in [1.54, 1.807) is 50.2 Å². The van der Waals surface area contributed by atoms with Gasteiger partial charge in [0.05, 0.1) is 46.0 Å². The molecule has 0 unspecified atom stereocenters. The summed E-state index contributed by atoms with van der Waals surface area (Å²) in [4.78, 5) is 44.4. The topological polar surface area (TPSA) is 172 Å². The van der Waals surface area contributed by atoms with Gasteiger partial charge >= 0.3 is 0 Å². The number of hydrogen-bond acceptors (Lipinski definition) is 12. The number of pyridine rings is 2. The molecule has 6 aromatic rings. The van der Waals surface area contributed by atoms with Crippen LogP contribution in [0.5, 0.6) is 0 Å². The van der Waals surface area contributed by atoms with Gasteiger partial charge in [0.2, 0.25) is 0 Å². The first-order valence-electron chi connectivity index (χ1n) is 17.9. The van der Waals surface area contributed by atoms with Crippen molar-refractivity contribution in [1.29, 1.82) is 5.26 Å². The Morgan fingerprint density at radius 2 is 1.93 bits per heavy atom. The average molecular weight is 845 g/mol. The molecule has 1 aliphatic rings. The number of nitriles is 1. The molecule has 298 valence electrons. The third-order valence-corrected chi connectivity index (χ3v) is 12.3. The molecule has 0 spiro atoms. The standard InChI is InChI=1S/C39H35ClF2N10O4S2/c1-23-46-31-20-45-36(50(4)26-10-16-51(17-11-26)22-39(2,41)42)29(19-43)33(31)38(54)52(23)14-5-6-24-7-8-25(40)18-28(24)27-9-13-44-34-30(21-57-35(27)34)37(53)48-58(55,56)32-12-15-49(3)47-32/h7-9,12-13,15,18,20-21,26H,10-11,14,16-17,22H2,1-4H3,(H,48,53). The lowest BCUT2D eigenvalue weighted by molar-refractivity contribution is -0.0198. The van der Waals surface area contributed by atoms with Crippen LogP contribution in [0, 0.1) is 30.1 Å². The number of thiophene rings is 1. The molecular formula is C39H35ClF2N10O4S2. The summed E-state index contributed by atoms with van der Waals surface area (Å²) >= 11 is 7.66. The summed E-state index contributed by atoms with van der Waals surface area (Å²) in [5.41, 5.74) is 2.01. The van der Waals surface area contributed by atoms with Crippen molar-refractivity contribution < 1.29 is 22.0 Å². The van der Waals surface area contributed by atoms with Crippen LogP contribution in [0.3, 0.4) is 0 Å². The zero-order valence-corrected chi connectivity index (χ0v) is 34.0. The van der Waals surface area contributed by atoms with Gasteiger partial charge in [-0.2, -0.15) is 18.8 Å². The highest BCUT2D eigenvalue weighted by molar-refractivity contribution is 7.90. The number of hydrogen-bond donors (Lipinski definition) is 1. The van der Waals surface area contributed by atoms with E-state index in [9.17, 15) is 32.0 Å². The summed E-state index contributed by atoms with van der Waals surface area (Å²) in [5, 5.41) is 16.0. The molecule has 1 aromatic carbocycles. The molecule has 0 radical (unpaired) electrons. The lowest BCUT2D eigenvalue weighted by Crippen LogP contribution is -2.46. The fraction of sp³-hybridized carbons (Fsp3) is 0.308. The third kappa shape index (κ3) is 8.14. The van der Waals surface area contributed by atoms with Crippen LogP contribution in [0.1, 0.15) is 47.1 Å². The molecular weight excluding hydrogens is 810 g/mol. The Morgan fingerprint density at radius 3 is 2.62 bits per heavy atom. The number of likely N-dealkylation sites (tertiary alicyclic amines) is 1. The molecule has 58 heavy (non-hydrogen) atoms. The summed E-state index contributed by atoms with van der Waals surface area (Å²) in [6.45, 7) is 3.10. The van der Waals surface area contributed by atoms with Gasteiger partial charge in [-0.25, -0.2) is 23.5 Å². The van der Waals surface area contributed by atoms with Crippen molar-refractivity contribution in [3.63, 3.8) is 0 Å². The Labute approximate surface area is 340 Å². The van der Waals surface area contributed by atoms with Crippen molar-refractivity contribution in [2.24, 2.45) is 7.05 Å². The first-order valence-corrected chi connectivity index (χ1v) is 20.6. The van der Waals surface area contributed by atoms with Gasteiger partial charge in [0.25, 0.3) is 27.4 Å². The maximum atomic E-state index is 14.1. The maximum absolute atomic E-state index is 14.1. The average Bonchev–Trinajstić information content (AvgIpc) is 3.82. The number of rotatable bonds is 9. The van der Waals surface area contributed by atoms with Gasteiger partial charge in [-0.05, 0) is 50.1 Å².